The molecular weight excluding hydrogens is 525 g/mol. The third-order valence-electron chi connectivity index (χ3n) is 6.44. The number of carbonyl (C=O) groups excluding carboxylic acids is 1. The van der Waals surface area contributed by atoms with Gasteiger partial charge in [-0.1, -0.05) is 12.1 Å². The van der Waals surface area contributed by atoms with Crippen molar-refractivity contribution in [2.75, 3.05) is 19.0 Å². The second-order valence-corrected chi connectivity index (χ2v) is 9.12. The Balaban J connectivity index is 1.46. The van der Waals surface area contributed by atoms with E-state index < -0.39 is 23.7 Å². The first kappa shape index (κ1) is 26.7. The minimum absolute atomic E-state index is 0.0514. The Morgan fingerprint density at radius 3 is 2.60 bits per heavy atom. The Morgan fingerprint density at radius 1 is 1.15 bits per heavy atom. The number of amides is 1. The van der Waals surface area contributed by atoms with Crippen molar-refractivity contribution in [3.8, 4) is 16.9 Å². The molecule has 3 aromatic heterocycles. The number of fused-ring (bicyclic) bond motifs is 1. The third-order valence-corrected chi connectivity index (χ3v) is 6.44. The number of aliphatic imine (C=N–C) groups is 1. The number of nitrogens with zero attached hydrogens (tertiary/aromatic N) is 6. The molecule has 0 radical (unpaired) electrons. The van der Waals surface area contributed by atoms with Gasteiger partial charge < -0.3 is 20.7 Å². The number of nitrogens with one attached hydrogen (secondary N) is 1. The summed E-state index contributed by atoms with van der Waals surface area (Å²) in [4.78, 5) is 27.3. The van der Waals surface area contributed by atoms with Crippen LogP contribution in [0.2, 0.25) is 0 Å². The van der Waals surface area contributed by atoms with Gasteiger partial charge in [-0.2, -0.15) is 18.3 Å². The molecule has 4 heterocycles. The molecule has 0 aliphatic carbocycles. The molecule has 3 N–H and O–H groups in total. The van der Waals surface area contributed by atoms with Gasteiger partial charge in [-0.25, -0.2) is 4.98 Å². The second kappa shape index (κ2) is 10.7. The van der Waals surface area contributed by atoms with Gasteiger partial charge in [0.1, 0.15) is 18.2 Å². The molecule has 1 unspecified atom stereocenters. The lowest BCUT2D eigenvalue weighted by molar-refractivity contribution is -0.137. The van der Waals surface area contributed by atoms with Crippen LogP contribution in [0.15, 0.2) is 72.2 Å². The van der Waals surface area contributed by atoms with E-state index in [0.717, 1.165) is 29.0 Å². The quantitative estimate of drug-likeness (QED) is 0.275. The maximum Gasteiger partial charge on any atom is 0.417 e. The Morgan fingerprint density at radius 2 is 1.98 bits per heavy atom. The van der Waals surface area contributed by atoms with E-state index in [-0.39, 0.29) is 24.7 Å². The van der Waals surface area contributed by atoms with Crippen molar-refractivity contribution in [2.24, 2.45) is 17.8 Å². The van der Waals surface area contributed by atoms with Gasteiger partial charge in [0.2, 0.25) is 0 Å². The van der Waals surface area contributed by atoms with E-state index in [4.69, 9.17) is 10.5 Å². The average molecular weight is 551 g/mol. The lowest BCUT2D eigenvalue weighted by Crippen LogP contribution is -2.35. The number of alkyl halides is 3. The highest BCUT2D eigenvalue weighted by molar-refractivity contribution is 5.95. The molecule has 1 amide bonds. The molecule has 0 bridgehead atoms. The Bertz CT molecular complexity index is 1550. The first-order valence-electron chi connectivity index (χ1n) is 12.2. The molecule has 40 heavy (non-hydrogen) atoms. The fourth-order valence-corrected chi connectivity index (χ4v) is 4.33. The number of benzene rings is 1. The number of guanidine groups is 1. The number of anilines is 1. The zero-order valence-electron chi connectivity index (χ0n) is 21.6. The van der Waals surface area contributed by atoms with E-state index in [1.165, 1.54) is 24.2 Å². The predicted molar refractivity (Wildman–Crippen MR) is 141 cm³/mol. The van der Waals surface area contributed by atoms with Crippen LogP contribution in [0.4, 0.5) is 19.0 Å². The summed E-state index contributed by atoms with van der Waals surface area (Å²) in [5, 5.41) is 7.00. The molecular formula is C27H25F3N8O2. The fraction of sp³-hybridized carbons (Fsp3) is 0.222. The maximum atomic E-state index is 13.8. The molecule has 4 aromatic rings. The van der Waals surface area contributed by atoms with Crippen LogP contribution in [0.25, 0.3) is 11.1 Å². The lowest BCUT2D eigenvalue weighted by Gasteiger charge is -2.28. The SMILES string of the molecule is CN=C(N)Nc1ccc(C(=O)N(Cc2ccc(C(F)(F)F)cn2)C2COc3cc(-c4cnn(C)c4)ccc32)cn1. The number of carbonyl (C=O) groups is 1. The highest BCUT2D eigenvalue weighted by Gasteiger charge is 2.35. The minimum atomic E-state index is -4.52. The van der Waals surface area contributed by atoms with Crippen LogP contribution >= 0.6 is 0 Å². The first-order chi connectivity index (χ1) is 19.1. The largest absolute Gasteiger partial charge is 0.491 e. The Labute approximate surface area is 227 Å². The highest BCUT2D eigenvalue weighted by atomic mass is 19.4. The van der Waals surface area contributed by atoms with Crippen LogP contribution in [0.5, 0.6) is 5.75 Å². The predicted octanol–water partition coefficient (Wildman–Crippen LogP) is 4.03. The van der Waals surface area contributed by atoms with Gasteiger partial charge in [-0.15, -0.1) is 0 Å². The summed E-state index contributed by atoms with van der Waals surface area (Å²) in [7, 11) is 3.35. The van der Waals surface area contributed by atoms with E-state index in [9.17, 15) is 18.0 Å². The van der Waals surface area contributed by atoms with Crippen molar-refractivity contribution in [1.82, 2.24) is 24.6 Å². The van der Waals surface area contributed by atoms with Crippen molar-refractivity contribution in [1.29, 1.82) is 0 Å². The van der Waals surface area contributed by atoms with Crippen molar-refractivity contribution in [3.63, 3.8) is 0 Å². The van der Waals surface area contributed by atoms with Crippen LogP contribution in [-0.2, 0) is 19.8 Å². The van der Waals surface area contributed by atoms with Crippen molar-refractivity contribution in [2.45, 2.75) is 18.8 Å². The van der Waals surface area contributed by atoms with Gasteiger partial charge in [0.05, 0.1) is 35.6 Å². The molecule has 1 aliphatic heterocycles. The van der Waals surface area contributed by atoms with Crippen molar-refractivity contribution >= 4 is 17.7 Å². The van der Waals surface area contributed by atoms with Gasteiger partial charge in [-0.05, 0) is 35.9 Å². The molecule has 0 spiro atoms. The number of hydrogen-bond acceptors (Lipinski definition) is 6. The van der Waals surface area contributed by atoms with Crippen molar-refractivity contribution < 1.29 is 22.7 Å². The molecule has 0 fully saturated rings. The van der Waals surface area contributed by atoms with E-state index in [0.29, 0.717) is 17.3 Å². The fourth-order valence-electron chi connectivity index (χ4n) is 4.33. The van der Waals surface area contributed by atoms with Gasteiger partial charge >= 0.3 is 6.18 Å². The van der Waals surface area contributed by atoms with Crippen LogP contribution in [0.1, 0.15) is 33.2 Å². The smallest absolute Gasteiger partial charge is 0.417 e. The van der Waals surface area contributed by atoms with Crippen LogP contribution in [0.3, 0.4) is 0 Å². The summed E-state index contributed by atoms with van der Waals surface area (Å²) < 4.78 is 46.9. The lowest BCUT2D eigenvalue weighted by atomic mass is 10.0. The van der Waals surface area contributed by atoms with E-state index in [1.54, 1.807) is 23.0 Å². The number of rotatable bonds is 6. The topological polar surface area (TPSA) is 124 Å². The van der Waals surface area contributed by atoms with E-state index in [1.807, 2.05) is 31.4 Å². The summed E-state index contributed by atoms with van der Waals surface area (Å²) in [6, 6.07) is 10.5. The van der Waals surface area contributed by atoms with Crippen molar-refractivity contribution in [3.05, 3.63) is 89.6 Å². The van der Waals surface area contributed by atoms with Gasteiger partial charge in [0.25, 0.3) is 5.91 Å². The second-order valence-electron chi connectivity index (χ2n) is 9.12. The number of aromatic nitrogens is 4. The molecule has 0 saturated carbocycles. The summed E-state index contributed by atoms with van der Waals surface area (Å²) in [6.45, 7) is 0.110. The normalized spacial score (nSPS) is 14.9. The first-order valence-corrected chi connectivity index (χ1v) is 12.2. The third kappa shape index (κ3) is 5.58. The number of pyridine rings is 2. The summed E-state index contributed by atoms with van der Waals surface area (Å²) in [6.07, 6.45) is 1.26. The van der Waals surface area contributed by atoms with E-state index in [2.05, 4.69) is 25.4 Å². The average Bonchev–Trinajstić information content (AvgIpc) is 3.57. The minimum Gasteiger partial charge on any atom is -0.491 e. The summed E-state index contributed by atoms with van der Waals surface area (Å²) >= 11 is 0. The van der Waals surface area contributed by atoms with Crippen LogP contribution in [0, 0.1) is 0 Å². The van der Waals surface area contributed by atoms with Gasteiger partial charge in [-0.3, -0.25) is 19.5 Å². The number of ether oxygens (including phenoxy) is 1. The van der Waals surface area contributed by atoms with Gasteiger partial charge in [0, 0.05) is 43.8 Å². The molecule has 1 aliphatic rings. The molecule has 5 rings (SSSR count). The monoisotopic (exact) mass is 550 g/mol. The highest BCUT2D eigenvalue weighted by Crippen LogP contribution is 2.40. The summed E-state index contributed by atoms with van der Waals surface area (Å²) in [5.41, 5.74) is 7.95. The Hall–Kier alpha value is -4.94. The molecule has 13 heteroatoms. The molecule has 1 aromatic carbocycles. The molecule has 0 saturated heterocycles. The standard InChI is InChI=1S/C27H25F3N8O2/c1-32-26(31)36-24-8-4-17(10-34-24)25(39)38(14-20-6-5-19(12-33-20)27(28,29)30)22-15-40-23-9-16(3-7-21(22)23)18-11-35-37(2)13-18/h3-13,22H,14-15H2,1-2H3,(H3,31,32,34,36). The van der Waals surface area contributed by atoms with Gasteiger partial charge in [0.15, 0.2) is 5.96 Å². The zero-order chi connectivity index (χ0) is 28.4. The number of hydrogen-bond donors (Lipinski definition) is 2. The number of aryl methyl sites for hydroxylation is 1. The molecule has 1 atom stereocenters. The molecule has 10 nitrogen and oxygen atoms in total. The van der Waals surface area contributed by atoms with E-state index >= 15 is 0 Å². The van der Waals surface area contributed by atoms with Crippen LogP contribution in [-0.4, -0.2) is 50.2 Å². The summed E-state index contributed by atoms with van der Waals surface area (Å²) in [5.74, 6) is 0.771. The maximum absolute atomic E-state index is 13.8. The number of nitrogens with two attached hydrogens (primary N) is 1. The number of halogens is 3. The Kier molecular flexibility index (Phi) is 7.11. The van der Waals surface area contributed by atoms with Crippen LogP contribution < -0.4 is 15.8 Å². The zero-order valence-corrected chi connectivity index (χ0v) is 21.6. The molecule has 206 valence electrons.